The second-order valence-electron chi connectivity index (χ2n) is 7.80. The summed E-state index contributed by atoms with van der Waals surface area (Å²) in [5.41, 5.74) is -0.0787. The number of aliphatic imine (C=N–C) groups is 1. The third-order valence-corrected chi connectivity index (χ3v) is 6.20. The quantitative estimate of drug-likeness (QED) is 0.565. The average Bonchev–Trinajstić information content (AvgIpc) is 3.30. The van der Waals surface area contributed by atoms with Crippen molar-refractivity contribution in [3.8, 4) is 0 Å². The fourth-order valence-electron chi connectivity index (χ4n) is 3.88. The first-order valence-electron chi connectivity index (χ1n) is 10.1. The minimum Gasteiger partial charge on any atom is -0.373 e. The number of thiophene rings is 1. The van der Waals surface area contributed by atoms with Crippen molar-refractivity contribution in [2.75, 3.05) is 39.3 Å². The number of hydrogen-bond donors (Lipinski definition) is 2. The number of piperidine rings is 1. The molecule has 2 atom stereocenters. The van der Waals surface area contributed by atoms with Crippen molar-refractivity contribution in [2.24, 2.45) is 10.9 Å². The van der Waals surface area contributed by atoms with Gasteiger partial charge in [-0.3, -0.25) is 9.89 Å². The van der Waals surface area contributed by atoms with Gasteiger partial charge in [-0.15, -0.1) is 11.3 Å². The summed E-state index contributed by atoms with van der Waals surface area (Å²) in [7, 11) is 0. The fourth-order valence-corrected chi connectivity index (χ4v) is 4.62. The lowest BCUT2D eigenvalue weighted by molar-refractivity contribution is 0.0283. The van der Waals surface area contributed by atoms with Gasteiger partial charge in [-0.05, 0) is 63.4 Å². The van der Waals surface area contributed by atoms with Crippen LogP contribution in [0, 0.1) is 5.92 Å². The van der Waals surface area contributed by atoms with Gasteiger partial charge in [0.1, 0.15) is 0 Å². The molecule has 2 aliphatic heterocycles. The van der Waals surface area contributed by atoms with Crippen LogP contribution in [-0.2, 0) is 11.3 Å². The molecule has 5 nitrogen and oxygen atoms in total. The third kappa shape index (κ3) is 5.96. The Morgan fingerprint density at radius 3 is 3.08 bits per heavy atom. The Morgan fingerprint density at radius 2 is 2.35 bits per heavy atom. The van der Waals surface area contributed by atoms with Crippen molar-refractivity contribution < 1.29 is 4.74 Å². The molecule has 146 valence electrons. The van der Waals surface area contributed by atoms with E-state index in [0.717, 1.165) is 51.6 Å². The van der Waals surface area contributed by atoms with Crippen LogP contribution in [0.3, 0.4) is 0 Å². The second kappa shape index (κ2) is 9.72. The molecule has 2 saturated heterocycles. The average molecular weight is 379 g/mol. The van der Waals surface area contributed by atoms with E-state index in [1.54, 1.807) is 0 Å². The van der Waals surface area contributed by atoms with Crippen LogP contribution in [0.1, 0.15) is 44.4 Å². The van der Waals surface area contributed by atoms with Crippen molar-refractivity contribution in [1.29, 1.82) is 0 Å². The molecular weight excluding hydrogens is 344 g/mol. The third-order valence-electron chi connectivity index (χ3n) is 5.34. The van der Waals surface area contributed by atoms with E-state index in [1.807, 2.05) is 11.3 Å². The van der Waals surface area contributed by atoms with E-state index in [0.29, 0.717) is 5.92 Å². The first kappa shape index (κ1) is 19.6. The summed E-state index contributed by atoms with van der Waals surface area (Å²) in [5.74, 6) is 1.62. The zero-order valence-electron chi connectivity index (χ0n) is 16.3. The largest absolute Gasteiger partial charge is 0.373 e. The fraction of sp³-hybridized carbons (Fsp3) is 0.750. The number of hydrogen-bond acceptors (Lipinski definition) is 4. The zero-order valence-corrected chi connectivity index (χ0v) is 17.1. The minimum atomic E-state index is -0.0787. The first-order valence-corrected chi connectivity index (χ1v) is 11.0. The highest BCUT2D eigenvalue weighted by Gasteiger charge is 2.29. The highest BCUT2D eigenvalue weighted by Crippen LogP contribution is 2.25. The summed E-state index contributed by atoms with van der Waals surface area (Å²) in [6, 6.07) is 4.39. The Labute approximate surface area is 162 Å². The van der Waals surface area contributed by atoms with E-state index in [9.17, 15) is 0 Å². The molecule has 0 aliphatic carbocycles. The van der Waals surface area contributed by atoms with Crippen LogP contribution in [0.5, 0.6) is 0 Å². The van der Waals surface area contributed by atoms with E-state index in [-0.39, 0.29) is 5.60 Å². The van der Waals surface area contributed by atoms with Crippen LogP contribution >= 0.6 is 11.3 Å². The Kier molecular flexibility index (Phi) is 7.34. The van der Waals surface area contributed by atoms with Crippen LogP contribution < -0.4 is 10.6 Å². The van der Waals surface area contributed by atoms with Crippen LogP contribution in [0.4, 0.5) is 0 Å². The zero-order chi connectivity index (χ0) is 18.2. The highest BCUT2D eigenvalue weighted by molar-refractivity contribution is 7.09. The lowest BCUT2D eigenvalue weighted by Crippen LogP contribution is -2.44. The number of likely N-dealkylation sites (tertiary alicyclic amines) is 1. The predicted octanol–water partition coefficient (Wildman–Crippen LogP) is 3.08. The number of ether oxygens (including phenoxy) is 1. The normalized spacial score (nSPS) is 27.6. The standard InChI is InChI=1S/C20H34N4OS/c1-3-21-19(23-16-20(2)9-6-11-25-20)22-13-17-7-4-10-24(14-17)15-18-8-5-12-26-18/h5,8,12,17H,3-4,6-7,9-11,13-16H2,1-2H3,(H2,21,22,23). The van der Waals surface area contributed by atoms with E-state index in [2.05, 4.69) is 46.9 Å². The number of nitrogens with zero attached hydrogens (tertiary/aromatic N) is 2. The summed E-state index contributed by atoms with van der Waals surface area (Å²) < 4.78 is 5.86. The van der Waals surface area contributed by atoms with Gasteiger partial charge in [0.25, 0.3) is 0 Å². The summed E-state index contributed by atoms with van der Waals surface area (Å²) in [5, 5.41) is 9.13. The van der Waals surface area contributed by atoms with Gasteiger partial charge in [-0.2, -0.15) is 0 Å². The van der Waals surface area contributed by atoms with Crippen LogP contribution in [-0.4, -0.2) is 55.8 Å². The Morgan fingerprint density at radius 1 is 1.42 bits per heavy atom. The lowest BCUT2D eigenvalue weighted by atomic mass is 9.98. The Balaban J connectivity index is 1.46. The molecule has 1 aromatic rings. The molecule has 0 saturated carbocycles. The summed E-state index contributed by atoms with van der Waals surface area (Å²) >= 11 is 1.86. The van der Waals surface area contributed by atoms with Gasteiger partial charge < -0.3 is 15.4 Å². The summed E-state index contributed by atoms with van der Waals surface area (Å²) in [4.78, 5) is 8.86. The van der Waals surface area contributed by atoms with Gasteiger partial charge >= 0.3 is 0 Å². The van der Waals surface area contributed by atoms with E-state index in [4.69, 9.17) is 9.73 Å². The smallest absolute Gasteiger partial charge is 0.191 e. The summed E-state index contributed by atoms with van der Waals surface area (Å²) in [6.07, 6.45) is 4.85. The van der Waals surface area contributed by atoms with Crippen molar-refractivity contribution >= 4 is 17.3 Å². The summed E-state index contributed by atoms with van der Waals surface area (Å²) in [6.45, 7) is 11.3. The van der Waals surface area contributed by atoms with Gasteiger partial charge in [-0.1, -0.05) is 6.07 Å². The molecule has 0 amide bonds. The van der Waals surface area contributed by atoms with Gasteiger partial charge in [-0.25, -0.2) is 0 Å². The number of guanidine groups is 1. The molecule has 2 N–H and O–H groups in total. The molecule has 0 spiro atoms. The monoisotopic (exact) mass is 378 g/mol. The predicted molar refractivity (Wildman–Crippen MR) is 110 cm³/mol. The molecule has 0 bridgehead atoms. The van der Waals surface area contributed by atoms with Crippen molar-refractivity contribution in [2.45, 2.75) is 51.7 Å². The maximum atomic E-state index is 5.86. The molecule has 3 rings (SSSR count). The van der Waals surface area contributed by atoms with Gasteiger partial charge in [0.05, 0.1) is 12.1 Å². The van der Waals surface area contributed by atoms with Gasteiger partial charge in [0, 0.05) is 37.7 Å². The van der Waals surface area contributed by atoms with E-state index < -0.39 is 0 Å². The second-order valence-corrected chi connectivity index (χ2v) is 8.83. The maximum Gasteiger partial charge on any atom is 0.191 e. The Hall–Kier alpha value is -1.11. The van der Waals surface area contributed by atoms with Crippen LogP contribution in [0.25, 0.3) is 0 Å². The molecule has 6 heteroatoms. The highest BCUT2D eigenvalue weighted by atomic mass is 32.1. The van der Waals surface area contributed by atoms with Crippen LogP contribution in [0.15, 0.2) is 22.5 Å². The molecule has 2 unspecified atom stereocenters. The number of rotatable bonds is 7. The first-order chi connectivity index (χ1) is 12.7. The lowest BCUT2D eigenvalue weighted by Gasteiger charge is -2.32. The minimum absolute atomic E-state index is 0.0787. The SMILES string of the molecule is CCNC(=NCC1(C)CCCO1)NCC1CCCN(Cc2cccs2)C1. The van der Waals surface area contributed by atoms with E-state index >= 15 is 0 Å². The van der Waals surface area contributed by atoms with E-state index in [1.165, 1.54) is 30.8 Å². The molecule has 0 radical (unpaired) electrons. The molecule has 2 aliphatic rings. The van der Waals surface area contributed by atoms with Crippen molar-refractivity contribution in [3.63, 3.8) is 0 Å². The van der Waals surface area contributed by atoms with Gasteiger partial charge in [0.15, 0.2) is 5.96 Å². The molecular formula is C20H34N4OS. The molecule has 26 heavy (non-hydrogen) atoms. The Bertz CT molecular complexity index is 554. The van der Waals surface area contributed by atoms with Crippen molar-refractivity contribution in [3.05, 3.63) is 22.4 Å². The molecule has 1 aromatic heterocycles. The molecule has 3 heterocycles. The van der Waals surface area contributed by atoms with Gasteiger partial charge in [0.2, 0.25) is 0 Å². The topological polar surface area (TPSA) is 48.9 Å². The van der Waals surface area contributed by atoms with Crippen LogP contribution in [0.2, 0.25) is 0 Å². The molecule has 0 aromatic carbocycles. The molecule has 2 fully saturated rings. The van der Waals surface area contributed by atoms with Crippen molar-refractivity contribution in [1.82, 2.24) is 15.5 Å². The number of nitrogens with one attached hydrogen (secondary N) is 2. The maximum absolute atomic E-state index is 5.86.